The zero-order valence-electron chi connectivity index (χ0n) is 6.97. The number of halogens is 2. The Hall–Kier alpha value is -0.560. The molecule has 0 aliphatic rings. The number of rotatable bonds is 1. The van der Waals surface area contributed by atoms with Gasteiger partial charge in [0.05, 0.1) is 11.1 Å². The molecule has 5 heteroatoms. The first-order chi connectivity index (χ1) is 6.59. The summed E-state index contributed by atoms with van der Waals surface area (Å²) in [4.78, 5) is 14.2. The van der Waals surface area contributed by atoms with Gasteiger partial charge in [0.25, 0.3) is 5.91 Å². The molecule has 0 saturated heterocycles. The molecule has 0 spiro atoms. The number of benzene rings is 1. The molecule has 0 aliphatic carbocycles. The summed E-state index contributed by atoms with van der Waals surface area (Å²) in [5, 5.41) is 1.01. The first-order valence-electron chi connectivity index (χ1n) is 3.85. The molecule has 0 aliphatic heterocycles. The molecule has 3 nitrogen and oxygen atoms in total. The number of hydrogen-bond acceptors (Lipinski definition) is 1. The second kappa shape index (κ2) is 3.54. The zero-order chi connectivity index (χ0) is 10.3. The van der Waals surface area contributed by atoms with Crippen molar-refractivity contribution in [2.45, 2.75) is 0 Å². The second-order valence-corrected chi connectivity index (χ2v) is 4.95. The van der Waals surface area contributed by atoms with Crippen molar-refractivity contribution in [3.63, 3.8) is 0 Å². The summed E-state index contributed by atoms with van der Waals surface area (Å²) in [7, 11) is 0. The molecule has 0 radical (unpaired) electrons. The highest BCUT2D eigenvalue weighted by atomic mass is 127. The largest absolute Gasteiger partial charge is 0.366 e. The predicted octanol–water partition coefficient (Wildman–Crippen LogP) is 2.63. The third-order valence-corrected chi connectivity index (χ3v) is 3.32. The van der Waals surface area contributed by atoms with Gasteiger partial charge in [-0.1, -0.05) is 15.9 Å². The number of fused-ring (bicyclic) bond motifs is 1. The first-order valence-corrected chi connectivity index (χ1v) is 5.72. The van der Waals surface area contributed by atoms with Crippen LogP contribution in [0.4, 0.5) is 0 Å². The van der Waals surface area contributed by atoms with Gasteiger partial charge in [-0.05, 0) is 34.7 Å². The fraction of sp³-hybridized carbons (Fsp3) is 0. The van der Waals surface area contributed by atoms with Crippen LogP contribution >= 0.6 is 38.5 Å². The van der Waals surface area contributed by atoms with Crippen LogP contribution in [0, 0.1) is 3.57 Å². The van der Waals surface area contributed by atoms with Crippen molar-refractivity contribution in [2.75, 3.05) is 0 Å². The summed E-state index contributed by atoms with van der Waals surface area (Å²) in [6.07, 6.45) is 1.85. The number of amides is 1. The Balaban J connectivity index is 2.88. The summed E-state index contributed by atoms with van der Waals surface area (Å²) in [5.41, 5.74) is 6.58. The summed E-state index contributed by atoms with van der Waals surface area (Å²) < 4.78 is 1.93. The van der Waals surface area contributed by atoms with E-state index in [1.165, 1.54) is 0 Å². The fourth-order valence-corrected chi connectivity index (χ4v) is 2.40. The van der Waals surface area contributed by atoms with Crippen LogP contribution in [-0.2, 0) is 0 Å². The zero-order valence-corrected chi connectivity index (χ0v) is 10.7. The Morgan fingerprint density at radius 1 is 1.50 bits per heavy atom. The van der Waals surface area contributed by atoms with Crippen molar-refractivity contribution in [3.05, 3.63) is 31.9 Å². The van der Waals surface area contributed by atoms with Crippen LogP contribution < -0.4 is 5.73 Å². The molecule has 1 aromatic heterocycles. The van der Waals surface area contributed by atoms with Crippen molar-refractivity contribution in [1.29, 1.82) is 0 Å². The van der Waals surface area contributed by atoms with Gasteiger partial charge in [0.15, 0.2) is 0 Å². The topological polar surface area (TPSA) is 58.9 Å². The average molecular weight is 365 g/mol. The lowest BCUT2D eigenvalue weighted by molar-refractivity contribution is 0.100. The maximum Gasteiger partial charge on any atom is 0.250 e. The summed E-state index contributed by atoms with van der Waals surface area (Å²) in [6.45, 7) is 0. The van der Waals surface area contributed by atoms with Crippen LogP contribution in [0.5, 0.6) is 0 Å². The molecule has 2 rings (SSSR count). The maximum absolute atomic E-state index is 11.2. The molecular weight excluding hydrogens is 359 g/mol. The molecule has 0 saturated carbocycles. The van der Waals surface area contributed by atoms with Gasteiger partial charge in [-0.15, -0.1) is 0 Å². The van der Waals surface area contributed by atoms with E-state index in [9.17, 15) is 4.79 Å². The number of aromatic amines is 1. The Labute approximate surface area is 102 Å². The van der Waals surface area contributed by atoms with Gasteiger partial charge in [0.1, 0.15) is 0 Å². The van der Waals surface area contributed by atoms with Crippen LogP contribution in [0.3, 0.4) is 0 Å². The van der Waals surface area contributed by atoms with Crippen LogP contribution in [0.2, 0.25) is 0 Å². The number of carbonyl (C=O) groups excluding carboxylic acids is 1. The Bertz CT molecular complexity index is 521. The number of aromatic nitrogens is 1. The van der Waals surface area contributed by atoms with E-state index in [-0.39, 0.29) is 0 Å². The Kier molecular flexibility index (Phi) is 2.52. The van der Waals surface area contributed by atoms with E-state index in [0.29, 0.717) is 5.56 Å². The van der Waals surface area contributed by atoms with Crippen molar-refractivity contribution < 1.29 is 4.79 Å². The molecule has 0 atom stereocenters. The Morgan fingerprint density at radius 2 is 2.21 bits per heavy atom. The lowest BCUT2D eigenvalue weighted by atomic mass is 10.1. The minimum atomic E-state index is -0.422. The van der Waals surface area contributed by atoms with E-state index in [0.717, 1.165) is 18.9 Å². The van der Waals surface area contributed by atoms with E-state index in [4.69, 9.17) is 5.73 Å². The predicted molar refractivity (Wildman–Crippen MR) is 67.2 cm³/mol. The van der Waals surface area contributed by atoms with Gasteiger partial charge >= 0.3 is 0 Å². The lowest BCUT2D eigenvalue weighted by Gasteiger charge is -1.99. The van der Waals surface area contributed by atoms with Crippen LogP contribution in [0.15, 0.2) is 22.8 Å². The van der Waals surface area contributed by atoms with Crippen LogP contribution in [0.1, 0.15) is 10.4 Å². The fourth-order valence-electron chi connectivity index (χ4n) is 1.36. The average Bonchev–Trinajstić information content (AvgIpc) is 2.47. The number of nitrogens with two attached hydrogens (primary N) is 1. The van der Waals surface area contributed by atoms with Crippen molar-refractivity contribution in [3.8, 4) is 0 Å². The maximum atomic E-state index is 11.2. The number of primary amides is 1. The Morgan fingerprint density at radius 3 is 2.86 bits per heavy atom. The minimum Gasteiger partial charge on any atom is -0.366 e. The number of hydrogen-bond donors (Lipinski definition) is 2. The monoisotopic (exact) mass is 364 g/mol. The highest BCUT2D eigenvalue weighted by Gasteiger charge is 2.11. The highest BCUT2D eigenvalue weighted by molar-refractivity contribution is 14.1. The third kappa shape index (κ3) is 1.54. The normalized spacial score (nSPS) is 10.7. The molecule has 0 bridgehead atoms. The van der Waals surface area contributed by atoms with Gasteiger partial charge in [0, 0.05) is 19.6 Å². The first kappa shape index (κ1) is 9.97. The van der Waals surface area contributed by atoms with Gasteiger partial charge in [-0.25, -0.2) is 0 Å². The van der Waals surface area contributed by atoms with Crippen LogP contribution in [0.25, 0.3) is 10.9 Å². The van der Waals surface area contributed by atoms with Crippen molar-refractivity contribution >= 4 is 55.3 Å². The summed E-state index contributed by atoms with van der Waals surface area (Å²) in [6, 6.07) is 3.68. The molecule has 1 amide bonds. The molecule has 0 fully saturated rings. The van der Waals surface area contributed by atoms with E-state index in [1.54, 1.807) is 6.07 Å². The number of H-pyrrole nitrogens is 1. The van der Waals surface area contributed by atoms with Gasteiger partial charge in [-0.2, -0.15) is 0 Å². The van der Waals surface area contributed by atoms with E-state index in [2.05, 4.69) is 43.5 Å². The molecule has 1 aromatic carbocycles. The van der Waals surface area contributed by atoms with Gasteiger partial charge in [-0.3, -0.25) is 4.79 Å². The molecule has 72 valence electrons. The van der Waals surface area contributed by atoms with E-state index >= 15 is 0 Å². The molecule has 3 N–H and O–H groups in total. The third-order valence-electron chi connectivity index (χ3n) is 1.97. The summed E-state index contributed by atoms with van der Waals surface area (Å²) in [5.74, 6) is -0.422. The standard InChI is InChI=1S/C9H6BrIN2O/c10-4-1-5-7(11)3-13-8(5)6(2-4)9(12)14/h1-3,13H,(H2,12,14). The second-order valence-electron chi connectivity index (χ2n) is 2.88. The minimum absolute atomic E-state index is 0.422. The van der Waals surface area contributed by atoms with Gasteiger partial charge < -0.3 is 10.7 Å². The smallest absolute Gasteiger partial charge is 0.250 e. The van der Waals surface area contributed by atoms with Crippen molar-refractivity contribution in [2.24, 2.45) is 5.73 Å². The van der Waals surface area contributed by atoms with Crippen LogP contribution in [-0.4, -0.2) is 10.9 Å². The molecule has 14 heavy (non-hydrogen) atoms. The molecular formula is C9H6BrIN2O. The van der Waals surface area contributed by atoms with E-state index < -0.39 is 5.91 Å². The SMILES string of the molecule is NC(=O)c1cc(Br)cc2c(I)c[nH]c12. The molecule has 0 unspecified atom stereocenters. The van der Waals surface area contributed by atoms with E-state index in [1.807, 2.05) is 12.3 Å². The number of nitrogens with one attached hydrogen (secondary N) is 1. The quantitative estimate of drug-likeness (QED) is 0.751. The number of carbonyl (C=O) groups is 1. The van der Waals surface area contributed by atoms with Crippen molar-refractivity contribution in [1.82, 2.24) is 4.98 Å². The van der Waals surface area contributed by atoms with Gasteiger partial charge in [0.2, 0.25) is 0 Å². The molecule has 2 aromatic rings. The highest BCUT2D eigenvalue weighted by Crippen LogP contribution is 2.27. The lowest BCUT2D eigenvalue weighted by Crippen LogP contribution is -2.11. The molecule has 1 heterocycles. The summed E-state index contributed by atoms with van der Waals surface area (Å²) >= 11 is 5.55.